The van der Waals surface area contributed by atoms with Gasteiger partial charge in [-0.1, -0.05) is 0 Å². The van der Waals surface area contributed by atoms with Gasteiger partial charge in [0.05, 0.1) is 17.7 Å². The number of hydrogen-bond donors (Lipinski definition) is 2. The molecule has 1 aliphatic heterocycles. The highest BCUT2D eigenvalue weighted by molar-refractivity contribution is 5.88. The Hall–Kier alpha value is -2.25. The zero-order valence-corrected chi connectivity index (χ0v) is 15.5. The van der Waals surface area contributed by atoms with Crippen molar-refractivity contribution in [1.82, 2.24) is 14.9 Å². The average molecular weight is 357 g/mol. The van der Waals surface area contributed by atoms with Crippen molar-refractivity contribution >= 4 is 22.6 Å². The number of fused-ring (bicyclic) bond motifs is 1. The molecular weight excluding hydrogens is 330 g/mol. The molecule has 2 aromatic heterocycles. The monoisotopic (exact) mass is 357 g/mol. The number of aryl methyl sites for hydroxylation is 1. The number of carbonyl (C=O) groups excluding carboxylic acids is 1. The van der Waals surface area contributed by atoms with E-state index in [0.717, 1.165) is 29.0 Å². The van der Waals surface area contributed by atoms with Crippen LogP contribution in [0.25, 0.3) is 11.0 Å². The van der Waals surface area contributed by atoms with E-state index in [1.807, 2.05) is 25.1 Å². The van der Waals surface area contributed by atoms with E-state index in [-0.39, 0.29) is 5.91 Å². The van der Waals surface area contributed by atoms with Gasteiger partial charge in [0.15, 0.2) is 0 Å². The average Bonchev–Trinajstić information content (AvgIpc) is 3.00. The molecule has 1 fully saturated rings. The molecule has 1 saturated heterocycles. The van der Waals surface area contributed by atoms with E-state index in [0.29, 0.717) is 38.9 Å². The fourth-order valence-electron chi connectivity index (χ4n) is 3.53. The molecule has 3 N–H and O–H groups in total. The molecule has 0 saturated carbocycles. The largest absolute Gasteiger partial charge is 0.386 e. The van der Waals surface area contributed by atoms with Gasteiger partial charge in [0.1, 0.15) is 11.1 Å². The number of nitrogens with two attached hydrogens (primary N) is 1. The van der Waals surface area contributed by atoms with E-state index in [9.17, 15) is 9.90 Å². The molecular formula is C19H27N5O2. The molecule has 0 spiro atoms. The summed E-state index contributed by atoms with van der Waals surface area (Å²) in [5.74, 6) is 0.0222. The van der Waals surface area contributed by atoms with Crippen LogP contribution >= 0.6 is 0 Å². The Balaban J connectivity index is 1.74. The third kappa shape index (κ3) is 3.94. The zero-order valence-electron chi connectivity index (χ0n) is 15.5. The highest BCUT2D eigenvalue weighted by Gasteiger charge is 2.38. The Bertz CT molecular complexity index is 797. The number of anilines is 1. The Morgan fingerprint density at radius 1 is 1.42 bits per heavy atom. The maximum atomic E-state index is 12.1. The number of carbonyl (C=O) groups is 1. The number of aromatic nitrogens is 2. The lowest BCUT2D eigenvalue weighted by Crippen LogP contribution is -2.45. The summed E-state index contributed by atoms with van der Waals surface area (Å²) in [6, 6.07) is 5.85. The van der Waals surface area contributed by atoms with Gasteiger partial charge >= 0.3 is 0 Å². The Morgan fingerprint density at radius 3 is 3.00 bits per heavy atom. The van der Waals surface area contributed by atoms with Gasteiger partial charge in [-0.15, -0.1) is 0 Å². The predicted molar refractivity (Wildman–Crippen MR) is 102 cm³/mol. The van der Waals surface area contributed by atoms with Crippen LogP contribution in [0.5, 0.6) is 0 Å². The Labute approximate surface area is 153 Å². The van der Waals surface area contributed by atoms with E-state index in [4.69, 9.17) is 5.73 Å². The minimum absolute atomic E-state index is 0.0222. The molecule has 1 aliphatic rings. The number of amides is 1. The third-order valence-corrected chi connectivity index (χ3v) is 4.93. The second kappa shape index (κ2) is 7.55. The minimum atomic E-state index is -0.924. The molecule has 0 aromatic carbocycles. The van der Waals surface area contributed by atoms with Crippen molar-refractivity contribution in [3.8, 4) is 0 Å². The molecule has 2 aromatic rings. The van der Waals surface area contributed by atoms with Crippen LogP contribution in [0.15, 0.2) is 24.4 Å². The quantitative estimate of drug-likeness (QED) is 0.803. The predicted octanol–water partition coefficient (Wildman–Crippen LogP) is 1.08. The molecule has 1 atom stereocenters. The van der Waals surface area contributed by atoms with Crippen LogP contribution in [-0.4, -0.2) is 64.7 Å². The lowest BCUT2D eigenvalue weighted by Gasteiger charge is -2.29. The lowest BCUT2D eigenvalue weighted by atomic mass is 10.0. The fraction of sp³-hybridized carbons (Fsp3) is 0.526. The van der Waals surface area contributed by atoms with Crippen LogP contribution in [0.3, 0.4) is 0 Å². The van der Waals surface area contributed by atoms with Crippen molar-refractivity contribution in [2.75, 3.05) is 38.1 Å². The SMILES string of the molecule is Cc1ccc2nccc(N3CC[C@](O)(CN(C)C(=O)CCCN)C3)c2n1. The standard InChI is InChI=1S/C19H27N5O2/c1-14-5-6-15-18(22-14)16(7-10-21-15)24-11-8-19(26,13-24)12-23(2)17(25)4-3-9-20/h5-7,10,26H,3-4,8-9,11-13,20H2,1-2H3/t19-/m0/s1. The van der Waals surface area contributed by atoms with Gasteiger partial charge in [-0.3, -0.25) is 9.78 Å². The van der Waals surface area contributed by atoms with E-state index in [1.165, 1.54) is 0 Å². The summed E-state index contributed by atoms with van der Waals surface area (Å²) in [5.41, 5.74) is 8.15. The van der Waals surface area contributed by atoms with E-state index in [1.54, 1.807) is 18.1 Å². The second-order valence-electron chi connectivity index (χ2n) is 7.19. The van der Waals surface area contributed by atoms with E-state index in [2.05, 4.69) is 14.9 Å². The summed E-state index contributed by atoms with van der Waals surface area (Å²) < 4.78 is 0. The molecule has 26 heavy (non-hydrogen) atoms. The molecule has 0 unspecified atom stereocenters. The first-order valence-electron chi connectivity index (χ1n) is 9.06. The van der Waals surface area contributed by atoms with Gasteiger partial charge < -0.3 is 20.6 Å². The lowest BCUT2D eigenvalue weighted by molar-refractivity contribution is -0.132. The molecule has 0 radical (unpaired) electrons. The van der Waals surface area contributed by atoms with Crippen molar-refractivity contribution in [2.24, 2.45) is 5.73 Å². The van der Waals surface area contributed by atoms with Crippen LogP contribution in [0.2, 0.25) is 0 Å². The smallest absolute Gasteiger partial charge is 0.222 e. The molecule has 3 heterocycles. The molecule has 7 nitrogen and oxygen atoms in total. The van der Waals surface area contributed by atoms with Gasteiger partial charge in [0.25, 0.3) is 0 Å². The van der Waals surface area contributed by atoms with Crippen molar-refractivity contribution in [3.63, 3.8) is 0 Å². The van der Waals surface area contributed by atoms with Crippen LogP contribution in [0.4, 0.5) is 5.69 Å². The van der Waals surface area contributed by atoms with Crippen molar-refractivity contribution in [2.45, 2.75) is 31.8 Å². The van der Waals surface area contributed by atoms with Gasteiger partial charge in [0.2, 0.25) is 5.91 Å². The maximum absolute atomic E-state index is 12.1. The highest BCUT2D eigenvalue weighted by atomic mass is 16.3. The summed E-state index contributed by atoms with van der Waals surface area (Å²) in [7, 11) is 1.74. The summed E-state index contributed by atoms with van der Waals surface area (Å²) >= 11 is 0. The summed E-state index contributed by atoms with van der Waals surface area (Å²) in [5, 5.41) is 11.0. The van der Waals surface area contributed by atoms with Gasteiger partial charge in [-0.2, -0.15) is 0 Å². The van der Waals surface area contributed by atoms with Crippen LogP contribution < -0.4 is 10.6 Å². The number of pyridine rings is 2. The number of likely N-dealkylation sites (N-methyl/N-ethyl adjacent to an activating group) is 1. The van der Waals surface area contributed by atoms with Crippen molar-refractivity contribution < 1.29 is 9.90 Å². The first-order chi connectivity index (χ1) is 12.4. The topological polar surface area (TPSA) is 95.6 Å². The van der Waals surface area contributed by atoms with Crippen LogP contribution in [0, 0.1) is 6.92 Å². The highest BCUT2D eigenvalue weighted by Crippen LogP contribution is 2.31. The summed E-state index contributed by atoms with van der Waals surface area (Å²) in [6.45, 7) is 3.96. The molecule has 140 valence electrons. The second-order valence-corrected chi connectivity index (χ2v) is 7.19. The summed E-state index contributed by atoms with van der Waals surface area (Å²) in [4.78, 5) is 24.9. The van der Waals surface area contributed by atoms with E-state index >= 15 is 0 Å². The number of hydrogen-bond acceptors (Lipinski definition) is 6. The number of rotatable bonds is 6. The van der Waals surface area contributed by atoms with Crippen molar-refractivity contribution in [3.05, 3.63) is 30.1 Å². The number of β-amino-alcohol motifs (C(OH)–C–C–N with tert-alkyl or cyclic N) is 1. The zero-order chi connectivity index (χ0) is 18.7. The summed E-state index contributed by atoms with van der Waals surface area (Å²) in [6.07, 6.45) is 3.47. The fourth-order valence-corrected chi connectivity index (χ4v) is 3.53. The molecule has 0 aliphatic carbocycles. The van der Waals surface area contributed by atoms with Gasteiger partial charge in [-0.25, -0.2) is 4.98 Å². The van der Waals surface area contributed by atoms with Crippen molar-refractivity contribution in [1.29, 1.82) is 0 Å². The maximum Gasteiger partial charge on any atom is 0.222 e. The van der Waals surface area contributed by atoms with Gasteiger partial charge in [-0.05, 0) is 44.5 Å². The first kappa shape index (κ1) is 18.5. The Morgan fingerprint density at radius 2 is 2.23 bits per heavy atom. The van der Waals surface area contributed by atoms with Crippen LogP contribution in [0.1, 0.15) is 25.0 Å². The number of aliphatic hydroxyl groups is 1. The van der Waals surface area contributed by atoms with Gasteiger partial charge in [0, 0.05) is 38.4 Å². The molecule has 7 heteroatoms. The van der Waals surface area contributed by atoms with E-state index < -0.39 is 5.60 Å². The first-order valence-corrected chi connectivity index (χ1v) is 9.06. The Kier molecular flexibility index (Phi) is 5.38. The normalized spacial score (nSPS) is 19.9. The minimum Gasteiger partial charge on any atom is -0.386 e. The number of nitrogens with zero attached hydrogens (tertiary/aromatic N) is 4. The molecule has 3 rings (SSSR count). The van der Waals surface area contributed by atoms with Crippen LogP contribution in [-0.2, 0) is 4.79 Å². The molecule has 1 amide bonds. The third-order valence-electron chi connectivity index (χ3n) is 4.93. The molecule has 0 bridgehead atoms.